The quantitative estimate of drug-likeness (QED) is 0.820. The molecular weight excluding hydrogens is 280 g/mol. The molecule has 1 amide bonds. The van der Waals surface area contributed by atoms with Gasteiger partial charge in [-0.25, -0.2) is 0 Å². The van der Waals surface area contributed by atoms with Gasteiger partial charge in [0.15, 0.2) is 0 Å². The third kappa shape index (κ3) is 5.04. The summed E-state index contributed by atoms with van der Waals surface area (Å²) >= 11 is 1.63. The number of hydrogen-bond donors (Lipinski definition) is 1. The molecule has 1 aromatic rings. The summed E-state index contributed by atoms with van der Waals surface area (Å²) in [4.78, 5) is 15.8. The zero-order chi connectivity index (χ0) is 15.1. The Labute approximate surface area is 132 Å². The first kappa shape index (κ1) is 16.4. The largest absolute Gasteiger partial charge is 0.339 e. The average Bonchev–Trinajstić information content (AvgIpc) is 2.52. The van der Waals surface area contributed by atoms with Crippen LogP contribution in [0.5, 0.6) is 0 Å². The average molecular weight is 306 g/mol. The molecule has 0 unspecified atom stereocenters. The lowest BCUT2D eigenvalue weighted by Crippen LogP contribution is -2.45. The van der Waals surface area contributed by atoms with Gasteiger partial charge in [-0.15, -0.1) is 11.8 Å². The molecule has 2 N–H and O–H groups in total. The van der Waals surface area contributed by atoms with Crippen molar-refractivity contribution in [2.24, 2.45) is 5.73 Å². The van der Waals surface area contributed by atoms with Crippen LogP contribution in [0, 0.1) is 0 Å². The van der Waals surface area contributed by atoms with E-state index in [9.17, 15) is 4.79 Å². The minimum Gasteiger partial charge on any atom is -0.339 e. The van der Waals surface area contributed by atoms with Gasteiger partial charge in [-0.05, 0) is 44.2 Å². The van der Waals surface area contributed by atoms with Gasteiger partial charge in [0.25, 0.3) is 0 Å². The maximum Gasteiger partial charge on any atom is 0.233 e. The Morgan fingerprint density at radius 1 is 1.24 bits per heavy atom. The number of hydrogen-bond acceptors (Lipinski definition) is 3. The maximum absolute atomic E-state index is 12.6. The summed E-state index contributed by atoms with van der Waals surface area (Å²) in [5, 5.41) is 0. The topological polar surface area (TPSA) is 46.3 Å². The van der Waals surface area contributed by atoms with E-state index in [1.807, 2.05) is 18.2 Å². The predicted octanol–water partition coefficient (Wildman–Crippen LogP) is 3.29. The molecular formula is C17H26N2OS. The van der Waals surface area contributed by atoms with Gasteiger partial charge in [-0.3, -0.25) is 4.79 Å². The summed E-state index contributed by atoms with van der Waals surface area (Å²) < 4.78 is 0. The fraction of sp³-hybridized carbons (Fsp3) is 0.588. The summed E-state index contributed by atoms with van der Waals surface area (Å²) in [6.07, 6.45) is 5.23. The third-order valence-electron chi connectivity index (χ3n) is 4.07. The van der Waals surface area contributed by atoms with Crippen LogP contribution < -0.4 is 5.73 Å². The van der Waals surface area contributed by atoms with Crippen molar-refractivity contribution in [3.05, 3.63) is 30.3 Å². The second-order valence-corrected chi connectivity index (χ2v) is 6.81. The molecule has 0 atom stereocenters. The lowest BCUT2D eigenvalue weighted by Gasteiger charge is -2.36. The van der Waals surface area contributed by atoms with E-state index in [1.54, 1.807) is 11.8 Å². The maximum atomic E-state index is 12.6. The Balaban J connectivity index is 1.89. The smallest absolute Gasteiger partial charge is 0.233 e. The second kappa shape index (κ2) is 8.44. The number of rotatable bonds is 6. The number of nitrogens with two attached hydrogens (primary N) is 1. The fourth-order valence-corrected chi connectivity index (χ4v) is 3.72. The van der Waals surface area contributed by atoms with Gasteiger partial charge in [-0.2, -0.15) is 0 Å². The van der Waals surface area contributed by atoms with Gasteiger partial charge in [0.2, 0.25) is 5.91 Å². The number of carbonyl (C=O) groups excluding carboxylic acids is 1. The lowest BCUT2D eigenvalue weighted by atomic mass is 9.90. The van der Waals surface area contributed by atoms with Crippen LogP contribution in [0.3, 0.4) is 0 Å². The predicted molar refractivity (Wildman–Crippen MR) is 89.4 cm³/mol. The van der Waals surface area contributed by atoms with Gasteiger partial charge in [-0.1, -0.05) is 25.1 Å². The Hall–Kier alpha value is -1.00. The number of carbonyl (C=O) groups is 1. The summed E-state index contributed by atoms with van der Waals surface area (Å²) in [7, 11) is 0. The number of nitrogens with zero attached hydrogens (tertiary/aromatic N) is 1. The molecule has 2 rings (SSSR count). The van der Waals surface area contributed by atoms with Crippen LogP contribution in [0.1, 0.15) is 39.0 Å². The molecule has 1 aliphatic rings. The Kier molecular flexibility index (Phi) is 6.58. The van der Waals surface area contributed by atoms with Gasteiger partial charge < -0.3 is 10.6 Å². The van der Waals surface area contributed by atoms with Crippen molar-refractivity contribution in [2.75, 3.05) is 12.3 Å². The van der Waals surface area contributed by atoms with E-state index in [1.165, 1.54) is 0 Å². The lowest BCUT2D eigenvalue weighted by molar-refractivity contribution is -0.131. The third-order valence-corrected chi connectivity index (χ3v) is 5.07. The Bertz CT molecular complexity index is 430. The van der Waals surface area contributed by atoms with E-state index in [0.717, 1.165) is 43.5 Å². The molecule has 0 radical (unpaired) electrons. The highest BCUT2D eigenvalue weighted by atomic mass is 32.2. The van der Waals surface area contributed by atoms with Crippen molar-refractivity contribution >= 4 is 17.7 Å². The van der Waals surface area contributed by atoms with Gasteiger partial charge in [0.05, 0.1) is 5.75 Å². The molecule has 4 heteroatoms. The number of benzene rings is 1. The van der Waals surface area contributed by atoms with Crippen molar-refractivity contribution in [3.63, 3.8) is 0 Å². The summed E-state index contributed by atoms with van der Waals surface area (Å²) in [6, 6.07) is 10.9. The zero-order valence-electron chi connectivity index (χ0n) is 12.8. The van der Waals surface area contributed by atoms with Crippen LogP contribution in [0.4, 0.5) is 0 Å². The van der Waals surface area contributed by atoms with Crippen LogP contribution in [0.15, 0.2) is 35.2 Å². The van der Waals surface area contributed by atoms with Crippen LogP contribution in [0.2, 0.25) is 0 Å². The molecule has 3 nitrogen and oxygen atoms in total. The first-order valence-electron chi connectivity index (χ1n) is 7.93. The highest BCUT2D eigenvalue weighted by Gasteiger charge is 2.26. The molecule has 1 saturated carbocycles. The molecule has 0 spiro atoms. The van der Waals surface area contributed by atoms with Gasteiger partial charge in [0, 0.05) is 23.5 Å². The Morgan fingerprint density at radius 2 is 1.90 bits per heavy atom. The monoisotopic (exact) mass is 306 g/mol. The van der Waals surface area contributed by atoms with Crippen molar-refractivity contribution in [1.29, 1.82) is 0 Å². The van der Waals surface area contributed by atoms with E-state index < -0.39 is 0 Å². The van der Waals surface area contributed by atoms with Crippen LogP contribution in [-0.4, -0.2) is 35.2 Å². The van der Waals surface area contributed by atoms with Crippen LogP contribution in [0.25, 0.3) is 0 Å². The summed E-state index contributed by atoms with van der Waals surface area (Å²) in [5.74, 6) is 0.804. The van der Waals surface area contributed by atoms with E-state index in [-0.39, 0.29) is 5.91 Å². The van der Waals surface area contributed by atoms with Crippen molar-refractivity contribution in [2.45, 2.75) is 56.0 Å². The van der Waals surface area contributed by atoms with Crippen molar-refractivity contribution < 1.29 is 4.79 Å². The normalized spacial score (nSPS) is 22.0. The summed E-state index contributed by atoms with van der Waals surface area (Å²) in [5.41, 5.74) is 5.97. The highest BCUT2D eigenvalue weighted by Crippen LogP contribution is 2.24. The van der Waals surface area contributed by atoms with Crippen molar-refractivity contribution in [1.82, 2.24) is 4.90 Å². The standard InChI is InChI=1S/C17H26N2OS/c1-2-12-19(15-10-8-14(18)9-11-15)17(20)13-21-16-6-4-3-5-7-16/h3-7,14-15H,2,8-13,18H2,1H3. The minimum atomic E-state index is 0.270. The van der Waals surface area contributed by atoms with Gasteiger partial charge in [0.1, 0.15) is 0 Å². The molecule has 1 fully saturated rings. The molecule has 116 valence electrons. The molecule has 21 heavy (non-hydrogen) atoms. The number of thioether (sulfide) groups is 1. The SMILES string of the molecule is CCCN(C(=O)CSc1ccccc1)C1CCC(N)CC1. The Morgan fingerprint density at radius 3 is 2.52 bits per heavy atom. The number of amides is 1. The molecule has 0 aromatic heterocycles. The molecule has 0 saturated heterocycles. The fourth-order valence-electron chi connectivity index (χ4n) is 2.91. The minimum absolute atomic E-state index is 0.270. The first-order valence-corrected chi connectivity index (χ1v) is 8.92. The van der Waals surface area contributed by atoms with E-state index >= 15 is 0 Å². The van der Waals surface area contributed by atoms with Gasteiger partial charge >= 0.3 is 0 Å². The van der Waals surface area contributed by atoms with E-state index in [2.05, 4.69) is 24.0 Å². The second-order valence-electron chi connectivity index (χ2n) is 5.76. The van der Waals surface area contributed by atoms with E-state index in [0.29, 0.717) is 17.8 Å². The zero-order valence-corrected chi connectivity index (χ0v) is 13.6. The molecule has 1 aliphatic carbocycles. The molecule has 0 aliphatic heterocycles. The molecule has 0 heterocycles. The summed E-state index contributed by atoms with van der Waals surface area (Å²) in [6.45, 7) is 3.01. The van der Waals surface area contributed by atoms with Crippen LogP contribution >= 0.6 is 11.8 Å². The molecule has 1 aromatic carbocycles. The van der Waals surface area contributed by atoms with Crippen LogP contribution in [-0.2, 0) is 4.79 Å². The van der Waals surface area contributed by atoms with Crippen molar-refractivity contribution in [3.8, 4) is 0 Å². The van der Waals surface area contributed by atoms with E-state index in [4.69, 9.17) is 5.73 Å². The first-order chi connectivity index (χ1) is 10.2. The highest BCUT2D eigenvalue weighted by molar-refractivity contribution is 8.00. The molecule has 0 bridgehead atoms.